The van der Waals surface area contributed by atoms with Crippen LogP contribution in [0.2, 0.25) is 0 Å². The molecule has 0 aliphatic carbocycles. The van der Waals surface area contributed by atoms with Gasteiger partial charge in [0.1, 0.15) is 23.2 Å². The average molecular weight is 384 g/mol. The summed E-state index contributed by atoms with van der Waals surface area (Å²) in [6, 6.07) is 13.8. The van der Waals surface area contributed by atoms with Gasteiger partial charge in [-0.15, -0.1) is 11.3 Å². The second-order valence-electron chi connectivity index (χ2n) is 6.15. The number of aromatic nitrogens is 1. The van der Waals surface area contributed by atoms with E-state index in [1.807, 2.05) is 29.6 Å². The smallest absolute Gasteiger partial charge is 0.230 e. The molecule has 0 unspecified atom stereocenters. The van der Waals surface area contributed by atoms with Crippen LogP contribution in [0.5, 0.6) is 5.75 Å². The lowest BCUT2D eigenvalue weighted by Crippen LogP contribution is -2.14. The highest BCUT2D eigenvalue weighted by atomic mass is 32.1. The Bertz CT molecular complexity index is 876. The van der Waals surface area contributed by atoms with Gasteiger partial charge in [-0.3, -0.25) is 4.79 Å². The van der Waals surface area contributed by atoms with Gasteiger partial charge in [-0.2, -0.15) is 0 Å². The Morgan fingerprint density at radius 1 is 1.15 bits per heavy atom. The van der Waals surface area contributed by atoms with Crippen LogP contribution in [0.3, 0.4) is 0 Å². The molecule has 1 N–H and O–H groups in total. The first-order valence-electron chi connectivity index (χ1n) is 8.83. The monoisotopic (exact) mass is 384 g/mol. The lowest BCUT2D eigenvalue weighted by molar-refractivity contribution is -0.115. The number of amides is 1. The van der Waals surface area contributed by atoms with Gasteiger partial charge in [-0.05, 0) is 48.4 Å². The molecule has 3 aromatic rings. The van der Waals surface area contributed by atoms with E-state index in [0.717, 1.165) is 23.5 Å². The van der Waals surface area contributed by atoms with Crippen LogP contribution in [0.1, 0.15) is 29.6 Å². The number of thiazole rings is 1. The summed E-state index contributed by atoms with van der Waals surface area (Å²) in [7, 11) is 0. The van der Waals surface area contributed by atoms with E-state index in [1.165, 1.54) is 29.0 Å². The van der Waals surface area contributed by atoms with Crippen LogP contribution in [-0.2, 0) is 24.2 Å². The Labute approximate surface area is 162 Å². The minimum Gasteiger partial charge on any atom is -0.486 e. The van der Waals surface area contributed by atoms with E-state index in [-0.39, 0.29) is 24.8 Å². The summed E-state index contributed by atoms with van der Waals surface area (Å²) in [6.07, 6.45) is 2.35. The van der Waals surface area contributed by atoms with Crippen molar-refractivity contribution in [2.45, 2.75) is 32.8 Å². The number of ether oxygens (including phenoxy) is 1. The standard InChI is InChI=1S/C21H21FN2O2S/c1-2-3-15-4-8-17(9-5-15)23-20(25)12-18-14-27-21(24-18)13-26-19-10-6-16(22)7-11-19/h4-11,14H,2-3,12-13H2,1H3,(H,23,25). The first-order valence-corrected chi connectivity index (χ1v) is 9.71. The van der Waals surface area contributed by atoms with Crippen LogP contribution in [0.25, 0.3) is 0 Å². The van der Waals surface area contributed by atoms with Gasteiger partial charge < -0.3 is 10.1 Å². The minimum absolute atomic E-state index is 0.102. The number of nitrogens with zero attached hydrogens (tertiary/aromatic N) is 1. The van der Waals surface area contributed by atoms with E-state index in [4.69, 9.17) is 4.74 Å². The van der Waals surface area contributed by atoms with Crippen molar-refractivity contribution in [3.8, 4) is 5.75 Å². The van der Waals surface area contributed by atoms with Crippen LogP contribution in [0, 0.1) is 5.82 Å². The Hall–Kier alpha value is -2.73. The fraction of sp³-hybridized carbons (Fsp3) is 0.238. The van der Waals surface area contributed by atoms with E-state index in [0.29, 0.717) is 11.4 Å². The van der Waals surface area contributed by atoms with Gasteiger partial charge in [0.25, 0.3) is 0 Å². The largest absolute Gasteiger partial charge is 0.486 e. The molecule has 0 saturated heterocycles. The maximum absolute atomic E-state index is 12.9. The second-order valence-corrected chi connectivity index (χ2v) is 7.09. The molecule has 2 aromatic carbocycles. The molecule has 140 valence electrons. The number of carbonyl (C=O) groups excluding carboxylic acids is 1. The molecule has 1 heterocycles. The molecule has 1 aromatic heterocycles. The fourth-order valence-corrected chi connectivity index (χ4v) is 3.29. The highest BCUT2D eigenvalue weighted by molar-refractivity contribution is 7.09. The third kappa shape index (κ3) is 5.89. The Morgan fingerprint density at radius 2 is 1.89 bits per heavy atom. The van der Waals surface area contributed by atoms with Crippen LogP contribution < -0.4 is 10.1 Å². The Morgan fingerprint density at radius 3 is 2.59 bits per heavy atom. The van der Waals surface area contributed by atoms with Gasteiger partial charge in [0, 0.05) is 11.1 Å². The Kier molecular flexibility index (Phi) is 6.54. The van der Waals surface area contributed by atoms with E-state index in [2.05, 4.69) is 17.2 Å². The molecule has 0 fully saturated rings. The molecule has 6 heteroatoms. The number of halogens is 1. The fourth-order valence-electron chi connectivity index (χ4n) is 2.59. The second kappa shape index (κ2) is 9.28. The summed E-state index contributed by atoms with van der Waals surface area (Å²) in [4.78, 5) is 16.6. The van der Waals surface area contributed by atoms with Crippen molar-refractivity contribution >= 4 is 22.9 Å². The van der Waals surface area contributed by atoms with Gasteiger partial charge >= 0.3 is 0 Å². The van der Waals surface area contributed by atoms with Crippen LogP contribution in [-0.4, -0.2) is 10.9 Å². The van der Waals surface area contributed by atoms with Gasteiger partial charge in [-0.25, -0.2) is 9.37 Å². The number of nitrogens with one attached hydrogen (secondary N) is 1. The van der Waals surface area contributed by atoms with Crippen molar-refractivity contribution < 1.29 is 13.9 Å². The quantitative estimate of drug-likeness (QED) is 0.595. The SMILES string of the molecule is CCCc1ccc(NC(=O)Cc2csc(COc3ccc(F)cc3)n2)cc1. The molecular formula is C21H21FN2O2S. The van der Waals surface area contributed by atoms with E-state index < -0.39 is 0 Å². The molecule has 0 aliphatic rings. The highest BCUT2D eigenvalue weighted by Gasteiger charge is 2.09. The maximum Gasteiger partial charge on any atom is 0.230 e. The van der Waals surface area contributed by atoms with Gasteiger partial charge in [-0.1, -0.05) is 25.5 Å². The van der Waals surface area contributed by atoms with Gasteiger partial charge in [0.05, 0.1) is 12.1 Å². The third-order valence-electron chi connectivity index (χ3n) is 3.89. The third-order valence-corrected chi connectivity index (χ3v) is 4.76. The number of benzene rings is 2. The first kappa shape index (κ1) is 19.0. The highest BCUT2D eigenvalue weighted by Crippen LogP contribution is 2.17. The van der Waals surface area contributed by atoms with Crippen LogP contribution in [0.4, 0.5) is 10.1 Å². The normalized spacial score (nSPS) is 10.6. The van der Waals surface area contributed by atoms with Crippen LogP contribution >= 0.6 is 11.3 Å². The zero-order chi connectivity index (χ0) is 19.1. The molecule has 0 radical (unpaired) electrons. The van der Waals surface area contributed by atoms with Crippen molar-refractivity contribution in [3.05, 3.63) is 76.0 Å². The number of hydrogen-bond acceptors (Lipinski definition) is 4. The van der Waals surface area contributed by atoms with Crippen molar-refractivity contribution in [2.75, 3.05) is 5.32 Å². The summed E-state index contributed by atoms with van der Waals surface area (Å²) in [5, 5.41) is 5.51. The molecule has 1 amide bonds. The summed E-state index contributed by atoms with van der Waals surface area (Å²) >= 11 is 1.44. The van der Waals surface area contributed by atoms with Crippen molar-refractivity contribution in [3.63, 3.8) is 0 Å². The molecule has 0 atom stereocenters. The van der Waals surface area contributed by atoms with Gasteiger partial charge in [0.2, 0.25) is 5.91 Å². The lowest BCUT2D eigenvalue weighted by Gasteiger charge is -2.05. The summed E-state index contributed by atoms with van der Waals surface area (Å²) in [6.45, 7) is 2.43. The zero-order valence-electron chi connectivity index (χ0n) is 15.1. The molecule has 3 rings (SSSR count). The molecule has 4 nitrogen and oxygen atoms in total. The van der Waals surface area contributed by atoms with Crippen molar-refractivity contribution in [1.82, 2.24) is 4.98 Å². The van der Waals surface area contributed by atoms with E-state index >= 15 is 0 Å². The van der Waals surface area contributed by atoms with Gasteiger partial charge in [0.15, 0.2) is 0 Å². The maximum atomic E-state index is 12.9. The molecule has 0 aliphatic heterocycles. The Balaban J connectivity index is 1.49. The molecule has 0 spiro atoms. The topological polar surface area (TPSA) is 51.2 Å². The van der Waals surface area contributed by atoms with Crippen molar-refractivity contribution in [2.24, 2.45) is 0 Å². The minimum atomic E-state index is -0.301. The predicted octanol–water partition coefficient (Wildman–Crippen LogP) is 4.99. The molecule has 0 saturated carbocycles. The summed E-state index contributed by atoms with van der Waals surface area (Å²) in [5.41, 5.74) is 2.76. The average Bonchev–Trinajstić information content (AvgIpc) is 3.10. The first-order chi connectivity index (χ1) is 13.1. The van der Waals surface area contributed by atoms with Crippen LogP contribution in [0.15, 0.2) is 53.9 Å². The number of hydrogen-bond donors (Lipinski definition) is 1. The summed E-state index contributed by atoms with van der Waals surface area (Å²) in [5.74, 6) is 0.178. The lowest BCUT2D eigenvalue weighted by atomic mass is 10.1. The number of aryl methyl sites for hydroxylation is 1. The van der Waals surface area contributed by atoms with Crippen molar-refractivity contribution in [1.29, 1.82) is 0 Å². The molecule has 27 heavy (non-hydrogen) atoms. The zero-order valence-corrected chi connectivity index (χ0v) is 15.9. The van der Waals surface area contributed by atoms with E-state index in [1.54, 1.807) is 12.1 Å². The number of carbonyl (C=O) groups is 1. The van der Waals surface area contributed by atoms with E-state index in [9.17, 15) is 9.18 Å². The number of rotatable bonds is 8. The predicted molar refractivity (Wildman–Crippen MR) is 106 cm³/mol. The summed E-state index contributed by atoms with van der Waals surface area (Å²) < 4.78 is 18.5. The number of anilines is 1. The molecular weight excluding hydrogens is 363 g/mol. The molecule has 0 bridgehead atoms.